The lowest BCUT2D eigenvalue weighted by Gasteiger charge is -2.55. The first-order chi connectivity index (χ1) is 18.3. The molecule has 1 saturated heterocycles. The maximum atomic E-state index is 14.2. The first kappa shape index (κ1) is 26.3. The molecular weight excluding hydrogens is 531 g/mol. The molecule has 1 aliphatic carbocycles. The van der Waals surface area contributed by atoms with Crippen molar-refractivity contribution in [3.8, 4) is 0 Å². The van der Waals surface area contributed by atoms with Gasteiger partial charge in [-0.15, -0.1) is 10.2 Å². The summed E-state index contributed by atoms with van der Waals surface area (Å²) in [5.74, 6) is 0.170. The van der Waals surface area contributed by atoms with Crippen LogP contribution in [0.1, 0.15) is 64.6 Å². The zero-order valence-corrected chi connectivity index (χ0v) is 22.4. The molecule has 3 N–H and O–H groups in total. The molecule has 0 atom stereocenters. The number of rotatable bonds is 6. The highest BCUT2D eigenvalue weighted by Crippen LogP contribution is 2.62. The predicted octanol–water partition coefficient (Wildman–Crippen LogP) is 5.08. The summed E-state index contributed by atoms with van der Waals surface area (Å²) in [7, 11) is -1.03. The third-order valence-electron chi connectivity index (χ3n) is 8.39. The molecule has 2 fully saturated rings. The molecule has 1 amide bonds. The van der Waals surface area contributed by atoms with E-state index in [4.69, 9.17) is 0 Å². The highest BCUT2D eigenvalue weighted by Gasteiger charge is 2.54. The lowest BCUT2D eigenvalue weighted by atomic mass is 9.78. The smallest absolute Gasteiger partial charge is 0.320 e. The highest BCUT2D eigenvalue weighted by atomic mass is 32.3. The first-order valence-electron chi connectivity index (χ1n) is 12.8. The molecular formula is C27H30F3N5O3S. The number of hydrogen-bond donors (Lipinski definition) is 3. The van der Waals surface area contributed by atoms with Gasteiger partial charge in [-0.25, -0.2) is 0 Å². The standard InChI is InChI=1S/C27H30F3N5O3S/c1-25(7-4-8-25)31-12-17-9-20-21(22(10-17)27(28,29)30)13-35(23(20)36)19-6-3-5-18(11-19)26(14-39(37,38)15-26)24-33-32-16-34(24)2/h3,5-6,9-11,16,31,37-38H,4,7-8,12-15H2,1-2H3. The van der Waals surface area contributed by atoms with Crippen molar-refractivity contribution in [2.75, 3.05) is 16.4 Å². The van der Waals surface area contributed by atoms with Crippen molar-refractivity contribution < 1.29 is 27.1 Å². The van der Waals surface area contributed by atoms with E-state index in [1.165, 1.54) is 11.2 Å². The van der Waals surface area contributed by atoms with Crippen LogP contribution in [0.15, 0.2) is 42.7 Å². The number of nitrogens with zero attached hydrogens (tertiary/aromatic N) is 4. The van der Waals surface area contributed by atoms with Crippen molar-refractivity contribution in [3.63, 3.8) is 0 Å². The van der Waals surface area contributed by atoms with Gasteiger partial charge in [-0.05, 0) is 67.1 Å². The van der Waals surface area contributed by atoms with Crippen LogP contribution in [0.2, 0.25) is 0 Å². The highest BCUT2D eigenvalue weighted by molar-refractivity contribution is 8.25. The molecule has 1 saturated carbocycles. The number of carbonyl (C=O) groups is 1. The maximum absolute atomic E-state index is 14.2. The number of amides is 1. The van der Waals surface area contributed by atoms with Crippen molar-refractivity contribution in [2.24, 2.45) is 7.05 Å². The van der Waals surface area contributed by atoms with Crippen LogP contribution in [0.4, 0.5) is 18.9 Å². The van der Waals surface area contributed by atoms with Crippen LogP contribution in [0.5, 0.6) is 0 Å². The minimum atomic E-state index is -4.60. The molecule has 0 bridgehead atoms. The molecule has 0 spiro atoms. The van der Waals surface area contributed by atoms with E-state index in [1.807, 2.05) is 6.07 Å². The van der Waals surface area contributed by atoms with Crippen LogP contribution in [-0.2, 0) is 31.7 Å². The van der Waals surface area contributed by atoms with Gasteiger partial charge in [0.2, 0.25) is 0 Å². The molecule has 8 nitrogen and oxygen atoms in total. The molecule has 39 heavy (non-hydrogen) atoms. The van der Waals surface area contributed by atoms with Crippen LogP contribution in [0, 0.1) is 0 Å². The number of anilines is 1. The SMILES string of the molecule is Cn1cnnc1C1(c2cccc(N3Cc4c(cc(CNC5(C)CCC5)cc4C(F)(F)F)C3=O)c2)CS(O)(O)C1. The van der Waals surface area contributed by atoms with Crippen molar-refractivity contribution in [1.29, 1.82) is 0 Å². The molecule has 3 aromatic rings. The van der Waals surface area contributed by atoms with Crippen LogP contribution in [-0.4, -0.2) is 46.8 Å². The minimum Gasteiger partial charge on any atom is -0.320 e. The molecule has 3 aliphatic rings. The topological polar surface area (TPSA) is 104 Å². The molecule has 0 radical (unpaired) electrons. The van der Waals surface area contributed by atoms with Crippen LogP contribution >= 0.6 is 10.6 Å². The summed E-state index contributed by atoms with van der Waals surface area (Å²) in [6, 6.07) is 9.69. The number of fused-ring (bicyclic) bond motifs is 1. The van der Waals surface area contributed by atoms with E-state index < -0.39 is 33.7 Å². The average molecular weight is 562 g/mol. The molecule has 2 aromatic carbocycles. The normalized spacial score (nSPS) is 21.7. The van der Waals surface area contributed by atoms with Gasteiger partial charge < -0.3 is 14.8 Å². The van der Waals surface area contributed by atoms with E-state index in [-0.39, 0.29) is 41.3 Å². The van der Waals surface area contributed by atoms with Crippen molar-refractivity contribution in [3.05, 3.63) is 76.4 Å². The Bertz CT molecular complexity index is 1460. The van der Waals surface area contributed by atoms with Gasteiger partial charge in [0.15, 0.2) is 0 Å². The summed E-state index contributed by atoms with van der Waals surface area (Å²) in [6.07, 6.45) is -0.0443. The van der Waals surface area contributed by atoms with Crippen molar-refractivity contribution in [2.45, 2.75) is 56.4 Å². The Hall–Kier alpha value is -2.93. The van der Waals surface area contributed by atoms with Gasteiger partial charge in [0.1, 0.15) is 12.2 Å². The second-order valence-electron chi connectivity index (χ2n) is 11.3. The number of nitrogens with one attached hydrogen (secondary N) is 1. The van der Waals surface area contributed by atoms with E-state index in [0.29, 0.717) is 22.6 Å². The summed E-state index contributed by atoms with van der Waals surface area (Å²) in [6.45, 7) is 2.11. The largest absolute Gasteiger partial charge is 0.416 e. The number of carbonyl (C=O) groups excluding carboxylic acids is 1. The predicted molar refractivity (Wildman–Crippen MR) is 142 cm³/mol. The van der Waals surface area contributed by atoms with Gasteiger partial charge in [0.05, 0.1) is 29.0 Å². The molecule has 0 unspecified atom stereocenters. The van der Waals surface area contributed by atoms with Gasteiger partial charge in [-0.3, -0.25) is 13.9 Å². The van der Waals surface area contributed by atoms with Gasteiger partial charge >= 0.3 is 6.18 Å². The Balaban J connectivity index is 1.35. The van der Waals surface area contributed by atoms with Gasteiger partial charge in [-0.1, -0.05) is 12.1 Å². The fraction of sp³-hybridized carbons (Fsp3) is 0.444. The van der Waals surface area contributed by atoms with Gasteiger partial charge in [0.25, 0.3) is 5.91 Å². The van der Waals surface area contributed by atoms with E-state index in [2.05, 4.69) is 22.4 Å². The zero-order chi connectivity index (χ0) is 27.8. The van der Waals surface area contributed by atoms with Crippen LogP contribution in [0.3, 0.4) is 0 Å². The summed E-state index contributed by atoms with van der Waals surface area (Å²) in [5.41, 5.74) is -0.108. The number of hydrogen-bond acceptors (Lipinski definition) is 6. The van der Waals surface area contributed by atoms with E-state index in [0.717, 1.165) is 25.3 Å². The van der Waals surface area contributed by atoms with Crippen molar-refractivity contribution >= 4 is 22.2 Å². The molecule has 12 heteroatoms. The number of alkyl halides is 3. The van der Waals surface area contributed by atoms with Gasteiger partial charge in [-0.2, -0.15) is 23.8 Å². The summed E-state index contributed by atoms with van der Waals surface area (Å²) >= 11 is 0. The second-order valence-corrected chi connectivity index (χ2v) is 13.5. The van der Waals surface area contributed by atoms with Gasteiger partial charge in [0, 0.05) is 30.4 Å². The molecule has 1 aromatic heterocycles. The number of halogens is 3. The lowest BCUT2D eigenvalue weighted by molar-refractivity contribution is -0.138. The fourth-order valence-corrected chi connectivity index (χ4v) is 8.18. The van der Waals surface area contributed by atoms with Crippen molar-refractivity contribution in [1.82, 2.24) is 20.1 Å². The molecule has 3 heterocycles. The zero-order valence-electron chi connectivity index (χ0n) is 21.6. The average Bonchev–Trinajstić information content (AvgIpc) is 3.42. The molecule has 208 valence electrons. The Morgan fingerprint density at radius 2 is 1.90 bits per heavy atom. The Morgan fingerprint density at radius 3 is 2.49 bits per heavy atom. The van der Waals surface area contributed by atoms with Crippen LogP contribution < -0.4 is 10.2 Å². The van der Waals surface area contributed by atoms with E-state index in [1.54, 1.807) is 35.9 Å². The first-order valence-corrected chi connectivity index (χ1v) is 14.7. The summed E-state index contributed by atoms with van der Waals surface area (Å²) < 4.78 is 64.8. The second kappa shape index (κ2) is 8.79. The maximum Gasteiger partial charge on any atom is 0.416 e. The molecule has 6 rings (SSSR count). The number of benzene rings is 2. The third kappa shape index (κ3) is 4.43. The van der Waals surface area contributed by atoms with E-state index >= 15 is 0 Å². The van der Waals surface area contributed by atoms with Crippen LogP contribution in [0.25, 0.3) is 0 Å². The summed E-state index contributed by atoms with van der Waals surface area (Å²) in [4.78, 5) is 14.9. The minimum absolute atomic E-state index is 0.0302. The number of aromatic nitrogens is 3. The molecule has 2 aliphatic heterocycles. The lowest BCUT2D eigenvalue weighted by Crippen LogP contribution is -2.51. The third-order valence-corrected chi connectivity index (χ3v) is 10.3. The quantitative estimate of drug-likeness (QED) is 0.388. The Morgan fingerprint density at radius 1 is 1.15 bits per heavy atom. The number of aryl methyl sites for hydroxylation is 1. The van der Waals surface area contributed by atoms with E-state index in [9.17, 15) is 27.1 Å². The Kier molecular flexibility index (Phi) is 5.92. The Labute approximate surface area is 225 Å². The fourth-order valence-electron chi connectivity index (χ4n) is 6.09. The summed E-state index contributed by atoms with van der Waals surface area (Å²) in [5, 5.41) is 11.5. The monoisotopic (exact) mass is 561 g/mol.